The van der Waals surface area contributed by atoms with E-state index in [0.717, 1.165) is 12.8 Å². The Hall–Kier alpha value is -2.08. The van der Waals surface area contributed by atoms with Crippen LogP contribution in [0.5, 0.6) is 0 Å². The van der Waals surface area contributed by atoms with Gasteiger partial charge in [0.15, 0.2) is 0 Å². The number of anilines is 1. The Kier molecular flexibility index (Phi) is 3.71. The Morgan fingerprint density at radius 2 is 1.84 bits per heavy atom. The molecule has 102 valence electrons. The fourth-order valence-electron chi connectivity index (χ4n) is 2.14. The number of aromatic nitrogens is 2. The number of unbranched alkanes of at least 4 members (excludes halogenated alkanes) is 1. The van der Waals surface area contributed by atoms with E-state index in [1.54, 1.807) is 25.2 Å². The average Bonchev–Trinajstić information content (AvgIpc) is 2.40. The lowest BCUT2D eigenvalue weighted by atomic mass is 10.2. The van der Waals surface area contributed by atoms with Crippen LogP contribution in [0.2, 0.25) is 0 Å². The molecule has 6 nitrogen and oxygen atoms in total. The van der Waals surface area contributed by atoms with Crippen molar-refractivity contribution in [2.45, 2.75) is 19.4 Å². The first-order chi connectivity index (χ1) is 9.06. The quantitative estimate of drug-likeness (QED) is 0.599. The number of hydrogen-bond acceptors (Lipinski definition) is 4. The summed E-state index contributed by atoms with van der Waals surface area (Å²) in [5, 5.41) is 0.771. The summed E-state index contributed by atoms with van der Waals surface area (Å²) in [5.41, 5.74) is 11.2. The van der Waals surface area contributed by atoms with E-state index >= 15 is 0 Å². The highest BCUT2D eigenvalue weighted by molar-refractivity contribution is 5.83. The maximum atomic E-state index is 12.4. The second kappa shape index (κ2) is 5.27. The number of rotatable bonds is 4. The first kappa shape index (κ1) is 13.4. The van der Waals surface area contributed by atoms with Gasteiger partial charge in [0.25, 0.3) is 11.1 Å². The molecule has 1 heterocycles. The summed E-state index contributed by atoms with van der Waals surface area (Å²) in [6.07, 6.45) is 1.58. The van der Waals surface area contributed by atoms with Gasteiger partial charge in [-0.05, 0) is 37.6 Å². The van der Waals surface area contributed by atoms with Gasteiger partial charge in [0.05, 0.1) is 10.8 Å². The molecule has 0 fully saturated rings. The van der Waals surface area contributed by atoms with E-state index in [2.05, 4.69) is 0 Å². The fourth-order valence-corrected chi connectivity index (χ4v) is 2.14. The van der Waals surface area contributed by atoms with E-state index in [1.807, 2.05) is 0 Å². The summed E-state index contributed by atoms with van der Waals surface area (Å²) in [6, 6.07) is 4.78. The van der Waals surface area contributed by atoms with Gasteiger partial charge in [0, 0.05) is 19.3 Å². The number of hydrogen-bond donors (Lipinski definition) is 2. The molecule has 0 bridgehead atoms. The second-order valence-corrected chi connectivity index (χ2v) is 4.56. The van der Waals surface area contributed by atoms with E-state index in [1.165, 1.54) is 9.36 Å². The molecule has 6 heteroatoms. The third kappa shape index (κ3) is 2.39. The van der Waals surface area contributed by atoms with Crippen LogP contribution in [-0.4, -0.2) is 15.9 Å². The van der Waals surface area contributed by atoms with E-state index in [0.29, 0.717) is 29.5 Å². The van der Waals surface area contributed by atoms with E-state index in [9.17, 15) is 9.59 Å². The lowest BCUT2D eigenvalue weighted by molar-refractivity contribution is 0.449. The minimum absolute atomic E-state index is 0.192. The summed E-state index contributed by atoms with van der Waals surface area (Å²) < 4.78 is 2.80. The standard InChI is InChI=1S/C13H18N4O2/c1-16-12(18)10-5-4-9(15)8-11(10)13(19)17(16)7-3-2-6-14/h4-5,8H,2-3,6-7,14-15H2,1H3. The van der Waals surface area contributed by atoms with E-state index in [4.69, 9.17) is 11.5 Å². The molecule has 0 saturated carbocycles. The SMILES string of the molecule is Cn1c(=O)c2ccc(N)cc2c(=O)n1CCCCN. The normalized spacial score (nSPS) is 11.1. The van der Waals surface area contributed by atoms with Gasteiger partial charge in [0.1, 0.15) is 0 Å². The van der Waals surface area contributed by atoms with Crippen molar-refractivity contribution in [2.75, 3.05) is 12.3 Å². The van der Waals surface area contributed by atoms with Crippen molar-refractivity contribution in [1.29, 1.82) is 0 Å². The maximum absolute atomic E-state index is 12.4. The molecule has 0 unspecified atom stereocenters. The summed E-state index contributed by atoms with van der Waals surface area (Å²) in [5.74, 6) is 0. The third-order valence-electron chi connectivity index (χ3n) is 3.22. The second-order valence-electron chi connectivity index (χ2n) is 4.56. The summed E-state index contributed by atoms with van der Waals surface area (Å²) >= 11 is 0. The molecular weight excluding hydrogens is 244 g/mol. The van der Waals surface area contributed by atoms with Gasteiger partial charge in [-0.1, -0.05) is 0 Å². The van der Waals surface area contributed by atoms with Crippen LogP contribution in [0.15, 0.2) is 27.8 Å². The maximum Gasteiger partial charge on any atom is 0.273 e. The van der Waals surface area contributed by atoms with Crippen molar-refractivity contribution in [3.05, 3.63) is 38.9 Å². The highest BCUT2D eigenvalue weighted by Gasteiger charge is 2.10. The van der Waals surface area contributed by atoms with Crippen molar-refractivity contribution >= 4 is 16.5 Å². The molecule has 0 aliphatic rings. The lowest BCUT2D eigenvalue weighted by Gasteiger charge is -2.13. The molecule has 2 rings (SSSR count). The number of nitrogens with two attached hydrogens (primary N) is 2. The van der Waals surface area contributed by atoms with Crippen molar-refractivity contribution < 1.29 is 0 Å². The molecule has 0 amide bonds. The van der Waals surface area contributed by atoms with E-state index in [-0.39, 0.29) is 11.1 Å². The molecule has 2 aromatic rings. The van der Waals surface area contributed by atoms with Gasteiger partial charge in [-0.3, -0.25) is 14.3 Å². The number of fused-ring (bicyclic) bond motifs is 1. The van der Waals surface area contributed by atoms with Crippen LogP contribution in [0.25, 0.3) is 10.8 Å². The predicted molar refractivity (Wildman–Crippen MR) is 76.1 cm³/mol. The fraction of sp³-hybridized carbons (Fsp3) is 0.385. The van der Waals surface area contributed by atoms with Crippen molar-refractivity contribution in [3.63, 3.8) is 0 Å². The van der Waals surface area contributed by atoms with Crippen molar-refractivity contribution in [3.8, 4) is 0 Å². The predicted octanol–water partition coefficient (Wildman–Crippen LogP) is 0.0213. The van der Waals surface area contributed by atoms with Gasteiger partial charge in [-0.25, -0.2) is 4.68 Å². The first-order valence-electron chi connectivity index (χ1n) is 6.25. The zero-order valence-electron chi connectivity index (χ0n) is 10.9. The molecule has 4 N–H and O–H groups in total. The molecule has 0 saturated heterocycles. The van der Waals surface area contributed by atoms with Gasteiger partial charge in [-0.2, -0.15) is 0 Å². The molecule has 1 aromatic carbocycles. The van der Waals surface area contributed by atoms with Gasteiger partial charge in [-0.15, -0.1) is 0 Å². The molecule has 0 aliphatic heterocycles. The molecule has 1 aromatic heterocycles. The van der Waals surface area contributed by atoms with Crippen LogP contribution in [0.4, 0.5) is 5.69 Å². The Morgan fingerprint density at radius 3 is 2.53 bits per heavy atom. The zero-order chi connectivity index (χ0) is 14.0. The molecule has 0 spiro atoms. The zero-order valence-corrected chi connectivity index (χ0v) is 10.9. The Balaban J connectivity index is 2.65. The largest absolute Gasteiger partial charge is 0.399 e. The number of nitrogens with zero attached hydrogens (tertiary/aromatic N) is 2. The highest BCUT2D eigenvalue weighted by Crippen LogP contribution is 2.10. The summed E-state index contributed by atoms with van der Waals surface area (Å²) in [4.78, 5) is 24.5. The average molecular weight is 262 g/mol. The number of benzene rings is 1. The van der Waals surface area contributed by atoms with E-state index < -0.39 is 0 Å². The first-order valence-corrected chi connectivity index (χ1v) is 6.25. The van der Waals surface area contributed by atoms with Gasteiger partial charge in [0.2, 0.25) is 0 Å². The monoisotopic (exact) mass is 262 g/mol. The van der Waals surface area contributed by atoms with Crippen LogP contribution in [0, 0.1) is 0 Å². The minimum Gasteiger partial charge on any atom is -0.399 e. The van der Waals surface area contributed by atoms with Gasteiger partial charge < -0.3 is 11.5 Å². The van der Waals surface area contributed by atoms with Gasteiger partial charge >= 0.3 is 0 Å². The Labute approximate surface area is 110 Å². The van der Waals surface area contributed by atoms with Crippen LogP contribution in [-0.2, 0) is 13.6 Å². The Morgan fingerprint density at radius 1 is 1.11 bits per heavy atom. The smallest absolute Gasteiger partial charge is 0.273 e. The Bertz CT molecular complexity index is 715. The third-order valence-corrected chi connectivity index (χ3v) is 3.22. The topological polar surface area (TPSA) is 96.0 Å². The van der Waals surface area contributed by atoms with Crippen LogP contribution < -0.4 is 22.6 Å². The van der Waals surface area contributed by atoms with Crippen LogP contribution in [0.3, 0.4) is 0 Å². The summed E-state index contributed by atoms with van der Waals surface area (Å²) in [6.45, 7) is 1.05. The molecule has 0 radical (unpaired) electrons. The molecule has 0 aliphatic carbocycles. The van der Waals surface area contributed by atoms with Crippen molar-refractivity contribution in [2.24, 2.45) is 12.8 Å². The highest BCUT2D eigenvalue weighted by atomic mass is 16.2. The van der Waals surface area contributed by atoms with Crippen LogP contribution >= 0.6 is 0 Å². The van der Waals surface area contributed by atoms with Crippen LogP contribution in [0.1, 0.15) is 12.8 Å². The van der Waals surface area contributed by atoms with Crippen molar-refractivity contribution in [1.82, 2.24) is 9.36 Å². The minimum atomic E-state index is -0.193. The molecular formula is C13H18N4O2. The number of nitrogen functional groups attached to an aromatic ring is 1. The molecule has 19 heavy (non-hydrogen) atoms. The lowest BCUT2D eigenvalue weighted by Crippen LogP contribution is -2.37. The summed E-state index contributed by atoms with van der Waals surface area (Å²) in [7, 11) is 1.60. The molecule has 0 atom stereocenters.